The molecule has 1 aliphatic rings. The van der Waals surface area contributed by atoms with Crippen LogP contribution in [0.4, 0.5) is 5.69 Å². The third-order valence-electron chi connectivity index (χ3n) is 6.22. The first kappa shape index (κ1) is 21.8. The normalized spacial score (nSPS) is 15.6. The maximum absolute atomic E-state index is 12.9. The topological polar surface area (TPSA) is 49.4 Å². The summed E-state index contributed by atoms with van der Waals surface area (Å²) < 4.78 is 28.5. The third-order valence-corrected chi connectivity index (χ3v) is 7.62. The fourth-order valence-electron chi connectivity index (χ4n) is 3.88. The van der Waals surface area contributed by atoms with Gasteiger partial charge in [-0.15, -0.1) is 0 Å². The molecule has 0 bridgehead atoms. The van der Waals surface area contributed by atoms with Crippen molar-refractivity contribution in [1.82, 2.24) is 4.90 Å². The standard InChI is InChI=1S/C24H34N2O2S/c1-5-15-26-16-13-19-7-10-22(18-20(19)14-17-26)25-29(27,28)23-11-8-21(9-12-23)24(3,4)6-2/h7-12,18,25H,5-6,13-17H2,1-4H3. The van der Waals surface area contributed by atoms with Gasteiger partial charge in [0.15, 0.2) is 0 Å². The zero-order valence-electron chi connectivity index (χ0n) is 18.2. The lowest BCUT2D eigenvalue weighted by Gasteiger charge is -2.23. The van der Waals surface area contributed by atoms with E-state index in [4.69, 9.17) is 0 Å². The van der Waals surface area contributed by atoms with Gasteiger partial charge in [-0.05, 0) is 78.6 Å². The van der Waals surface area contributed by atoms with Gasteiger partial charge in [0.05, 0.1) is 4.90 Å². The molecule has 0 radical (unpaired) electrons. The van der Waals surface area contributed by atoms with E-state index in [2.05, 4.69) is 43.4 Å². The van der Waals surface area contributed by atoms with Crippen LogP contribution in [0.15, 0.2) is 47.4 Å². The number of anilines is 1. The average Bonchev–Trinajstić information content (AvgIpc) is 2.90. The van der Waals surface area contributed by atoms with Crippen LogP contribution in [0.25, 0.3) is 0 Å². The summed E-state index contributed by atoms with van der Waals surface area (Å²) in [6, 6.07) is 13.3. The Morgan fingerprint density at radius 3 is 2.24 bits per heavy atom. The Labute approximate surface area is 176 Å². The molecule has 0 fully saturated rings. The van der Waals surface area contributed by atoms with Crippen molar-refractivity contribution in [1.29, 1.82) is 0 Å². The molecular weight excluding hydrogens is 380 g/mol. The molecule has 0 unspecified atom stereocenters. The van der Waals surface area contributed by atoms with Crippen LogP contribution in [0, 0.1) is 0 Å². The highest BCUT2D eigenvalue weighted by Gasteiger charge is 2.21. The van der Waals surface area contributed by atoms with Crippen molar-refractivity contribution in [2.75, 3.05) is 24.4 Å². The van der Waals surface area contributed by atoms with Crippen LogP contribution in [-0.4, -0.2) is 33.0 Å². The molecule has 0 atom stereocenters. The van der Waals surface area contributed by atoms with Crippen molar-refractivity contribution < 1.29 is 8.42 Å². The second-order valence-electron chi connectivity index (χ2n) is 8.69. The molecule has 0 saturated heterocycles. The molecule has 0 aromatic heterocycles. The van der Waals surface area contributed by atoms with Gasteiger partial charge in [-0.25, -0.2) is 8.42 Å². The summed E-state index contributed by atoms with van der Waals surface area (Å²) in [6.07, 6.45) is 4.15. The molecule has 0 spiro atoms. The highest BCUT2D eigenvalue weighted by atomic mass is 32.2. The highest BCUT2D eigenvalue weighted by Crippen LogP contribution is 2.28. The Balaban J connectivity index is 1.76. The molecule has 4 nitrogen and oxygen atoms in total. The van der Waals surface area contributed by atoms with E-state index in [9.17, 15) is 8.42 Å². The lowest BCUT2D eigenvalue weighted by molar-refractivity contribution is 0.288. The quantitative estimate of drug-likeness (QED) is 0.695. The van der Waals surface area contributed by atoms with Gasteiger partial charge in [0.2, 0.25) is 0 Å². The van der Waals surface area contributed by atoms with Crippen molar-refractivity contribution in [2.45, 2.75) is 63.7 Å². The van der Waals surface area contributed by atoms with Crippen LogP contribution in [-0.2, 0) is 28.3 Å². The van der Waals surface area contributed by atoms with Gasteiger partial charge in [-0.1, -0.05) is 45.9 Å². The lowest BCUT2D eigenvalue weighted by Crippen LogP contribution is -2.27. The smallest absolute Gasteiger partial charge is 0.261 e. The second-order valence-corrected chi connectivity index (χ2v) is 10.4. The molecule has 3 rings (SSSR count). The highest BCUT2D eigenvalue weighted by molar-refractivity contribution is 7.92. The Bertz CT molecular complexity index is 934. The monoisotopic (exact) mass is 414 g/mol. The van der Waals surface area contributed by atoms with Crippen molar-refractivity contribution in [3.8, 4) is 0 Å². The Hall–Kier alpha value is -1.85. The van der Waals surface area contributed by atoms with E-state index in [1.807, 2.05) is 24.3 Å². The van der Waals surface area contributed by atoms with E-state index in [1.54, 1.807) is 12.1 Å². The van der Waals surface area contributed by atoms with Gasteiger partial charge in [-0.2, -0.15) is 0 Å². The first-order valence-electron chi connectivity index (χ1n) is 10.7. The average molecular weight is 415 g/mol. The number of hydrogen-bond donors (Lipinski definition) is 1. The molecule has 1 heterocycles. The maximum atomic E-state index is 12.9. The van der Waals surface area contributed by atoms with Crippen LogP contribution in [0.5, 0.6) is 0 Å². The van der Waals surface area contributed by atoms with Crippen LogP contribution >= 0.6 is 0 Å². The van der Waals surface area contributed by atoms with Gasteiger partial charge in [0, 0.05) is 18.8 Å². The van der Waals surface area contributed by atoms with Crippen LogP contribution < -0.4 is 4.72 Å². The molecule has 1 aliphatic heterocycles. The van der Waals surface area contributed by atoms with Crippen molar-refractivity contribution in [3.63, 3.8) is 0 Å². The molecule has 29 heavy (non-hydrogen) atoms. The molecule has 5 heteroatoms. The number of hydrogen-bond acceptors (Lipinski definition) is 3. The first-order chi connectivity index (χ1) is 13.7. The molecular formula is C24H34N2O2S. The zero-order chi connectivity index (χ0) is 21.1. The Kier molecular flexibility index (Phi) is 6.69. The first-order valence-corrected chi connectivity index (χ1v) is 12.2. The fraction of sp³-hybridized carbons (Fsp3) is 0.500. The van der Waals surface area contributed by atoms with Gasteiger partial charge in [0.1, 0.15) is 0 Å². The summed E-state index contributed by atoms with van der Waals surface area (Å²) in [6.45, 7) is 11.9. The number of nitrogens with zero attached hydrogens (tertiary/aromatic N) is 1. The minimum atomic E-state index is -3.60. The summed E-state index contributed by atoms with van der Waals surface area (Å²) in [5, 5.41) is 0. The fourth-order valence-corrected chi connectivity index (χ4v) is 4.93. The minimum absolute atomic E-state index is 0.0401. The summed E-state index contributed by atoms with van der Waals surface area (Å²) in [4.78, 5) is 2.79. The van der Waals surface area contributed by atoms with E-state index >= 15 is 0 Å². The van der Waals surface area contributed by atoms with Gasteiger partial charge in [0.25, 0.3) is 10.0 Å². The van der Waals surface area contributed by atoms with Gasteiger partial charge >= 0.3 is 0 Å². The number of sulfonamides is 1. The Morgan fingerprint density at radius 2 is 1.62 bits per heavy atom. The molecule has 2 aromatic rings. The second kappa shape index (κ2) is 8.88. The molecule has 158 valence electrons. The van der Waals surface area contributed by atoms with Crippen molar-refractivity contribution in [2.24, 2.45) is 0 Å². The van der Waals surface area contributed by atoms with E-state index in [-0.39, 0.29) is 5.41 Å². The maximum Gasteiger partial charge on any atom is 0.261 e. The van der Waals surface area contributed by atoms with Crippen LogP contribution in [0.1, 0.15) is 57.2 Å². The number of fused-ring (bicyclic) bond motifs is 1. The van der Waals surface area contributed by atoms with Gasteiger partial charge < -0.3 is 4.90 Å². The number of rotatable bonds is 7. The third kappa shape index (κ3) is 5.20. The predicted octanol–water partition coefficient (Wildman–Crippen LogP) is 4.99. The predicted molar refractivity (Wildman–Crippen MR) is 121 cm³/mol. The molecule has 2 aromatic carbocycles. The summed E-state index contributed by atoms with van der Waals surface area (Å²) in [5.74, 6) is 0. The van der Waals surface area contributed by atoms with Crippen molar-refractivity contribution in [3.05, 3.63) is 59.2 Å². The molecule has 1 N–H and O–H groups in total. The SMILES string of the molecule is CCCN1CCc2ccc(NS(=O)(=O)c3ccc(C(C)(C)CC)cc3)cc2CC1. The van der Waals surface area contributed by atoms with Crippen LogP contribution in [0.3, 0.4) is 0 Å². The van der Waals surface area contributed by atoms with E-state index in [0.29, 0.717) is 10.6 Å². The number of benzene rings is 2. The van der Waals surface area contributed by atoms with E-state index in [0.717, 1.165) is 50.9 Å². The molecule has 0 amide bonds. The zero-order valence-corrected chi connectivity index (χ0v) is 19.0. The number of nitrogens with one attached hydrogen (secondary N) is 1. The van der Waals surface area contributed by atoms with Gasteiger partial charge in [-0.3, -0.25) is 4.72 Å². The van der Waals surface area contributed by atoms with Crippen LogP contribution in [0.2, 0.25) is 0 Å². The van der Waals surface area contributed by atoms with Crippen molar-refractivity contribution >= 4 is 15.7 Å². The lowest BCUT2D eigenvalue weighted by atomic mass is 9.82. The summed E-state index contributed by atoms with van der Waals surface area (Å²) >= 11 is 0. The summed E-state index contributed by atoms with van der Waals surface area (Å²) in [7, 11) is -3.60. The minimum Gasteiger partial charge on any atom is -0.303 e. The van der Waals surface area contributed by atoms with E-state index < -0.39 is 10.0 Å². The Morgan fingerprint density at radius 1 is 0.966 bits per heavy atom. The van der Waals surface area contributed by atoms with E-state index in [1.165, 1.54) is 11.1 Å². The molecule has 0 saturated carbocycles. The largest absolute Gasteiger partial charge is 0.303 e. The molecule has 0 aliphatic carbocycles. The summed E-state index contributed by atoms with van der Waals surface area (Å²) in [5.41, 5.74) is 4.42.